The molecule has 0 spiro atoms. The molecule has 5 heteroatoms. The van der Waals surface area contributed by atoms with Crippen LogP contribution < -0.4 is 0 Å². The van der Waals surface area contributed by atoms with Crippen molar-refractivity contribution in [3.05, 3.63) is 29.8 Å². The van der Waals surface area contributed by atoms with Crippen LogP contribution in [0.5, 0.6) is 0 Å². The predicted molar refractivity (Wildman–Crippen MR) is 73.7 cm³/mol. The van der Waals surface area contributed by atoms with E-state index in [9.17, 15) is 13.2 Å². The lowest BCUT2D eigenvalue weighted by molar-refractivity contribution is -0.154. The maximum Gasteiger partial charge on any atom is 0.307 e. The van der Waals surface area contributed by atoms with Crippen molar-refractivity contribution in [1.82, 2.24) is 0 Å². The number of hydrogen-bond donors (Lipinski definition) is 0. The highest BCUT2D eigenvalue weighted by molar-refractivity contribution is 7.91. The van der Waals surface area contributed by atoms with E-state index in [-0.39, 0.29) is 17.1 Å². The zero-order chi connectivity index (χ0) is 14.7. The average molecular weight is 284 g/mol. The predicted octanol–water partition coefficient (Wildman–Crippen LogP) is 2.50. The van der Waals surface area contributed by atoms with Gasteiger partial charge in [-0.3, -0.25) is 4.79 Å². The minimum Gasteiger partial charge on any atom is -0.460 e. The van der Waals surface area contributed by atoms with Crippen molar-refractivity contribution < 1.29 is 17.9 Å². The summed E-state index contributed by atoms with van der Waals surface area (Å²) >= 11 is 0. The van der Waals surface area contributed by atoms with Gasteiger partial charge in [-0.2, -0.15) is 0 Å². The van der Waals surface area contributed by atoms with Crippen molar-refractivity contribution >= 4 is 15.8 Å². The average Bonchev–Trinajstić information content (AvgIpc) is 2.24. The molecule has 106 valence electrons. The third-order valence-corrected chi connectivity index (χ3v) is 4.06. The van der Waals surface area contributed by atoms with E-state index in [1.165, 1.54) is 6.07 Å². The molecule has 0 atom stereocenters. The largest absolute Gasteiger partial charge is 0.460 e. The van der Waals surface area contributed by atoms with E-state index in [1.807, 2.05) is 13.0 Å². The van der Waals surface area contributed by atoms with Gasteiger partial charge < -0.3 is 4.74 Å². The molecule has 0 amide bonds. The van der Waals surface area contributed by atoms with E-state index in [1.54, 1.807) is 32.9 Å². The van der Waals surface area contributed by atoms with Crippen LogP contribution in [-0.2, 0) is 19.4 Å². The Labute approximate surface area is 114 Å². The summed E-state index contributed by atoms with van der Waals surface area (Å²) in [4.78, 5) is 11.8. The van der Waals surface area contributed by atoms with Gasteiger partial charge in [0.2, 0.25) is 0 Å². The number of aryl methyl sites for hydroxylation is 1. The van der Waals surface area contributed by atoms with E-state index in [2.05, 4.69) is 0 Å². The molecule has 0 heterocycles. The van der Waals surface area contributed by atoms with Gasteiger partial charge in [-0.25, -0.2) is 8.42 Å². The van der Waals surface area contributed by atoms with Gasteiger partial charge in [-0.05, 0) is 45.4 Å². The molecule has 0 bridgehead atoms. The van der Waals surface area contributed by atoms with Crippen LogP contribution in [0.1, 0.15) is 32.8 Å². The number of carbonyl (C=O) groups excluding carboxylic acids is 1. The van der Waals surface area contributed by atoms with E-state index >= 15 is 0 Å². The minimum atomic E-state index is -3.43. The highest BCUT2D eigenvalue weighted by atomic mass is 32.2. The lowest BCUT2D eigenvalue weighted by Crippen LogP contribution is -2.25. The Morgan fingerprint density at radius 2 is 1.89 bits per heavy atom. The van der Waals surface area contributed by atoms with Crippen LogP contribution in [0.25, 0.3) is 0 Å². The molecule has 0 N–H and O–H groups in total. The molecule has 19 heavy (non-hydrogen) atoms. The van der Waals surface area contributed by atoms with Crippen molar-refractivity contribution in [2.45, 2.75) is 44.6 Å². The molecule has 0 aromatic heterocycles. The molecule has 0 radical (unpaired) electrons. The highest BCUT2D eigenvalue weighted by Crippen LogP contribution is 2.15. The lowest BCUT2D eigenvalue weighted by Gasteiger charge is -2.19. The number of rotatable bonds is 4. The Balaban J connectivity index is 2.69. The second-order valence-electron chi connectivity index (χ2n) is 5.47. The number of sulfone groups is 1. The summed E-state index contributed by atoms with van der Waals surface area (Å²) in [5.74, 6) is -0.727. The van der Waals surface area contributed by atoms with Crippen molar-refractivity contribution in [3.63, 3.8) is 0 Å². The molecule has 0 aliphatic carbocycles. The molecule has 0 saturated heterocycles. The van der Waals surface area contributed by atoms with Crippen LogP contribution in [0, 0.1) is 6.92 Å². The monoisotopic (exact) mass is 284 g/mol. The number of esters is 1. The Bertz CT molecular complexity index is 553. The Kier molecular flexibility index (Phi) is 4.74. The van der Waals surface area contributed by atoms with Gasteiger partial charge in [0.15, 0.2) is 9.84 Å². The summed E-state index contributed by atoms with van der Waals surface area (Å²) in [6.45, 7) is 7.08. The topological polar surface area (TPSA) is 60.4 Å². The Hall–Kier alpha value is -1.36. The summed E-state index contributed by atoms with van der Waals surface area (Å²) in [5.41, 5.74) is 0.280. The van der Waals surface area contributed by atoms with Gasteiger partial charge in [0.05, 0.1) is 17.1 Å². The molecule has 1 aromatic carbocycles. The standard InChI is InChI=1S/C14H20O4S/c1-11-6-5-7-12(10-11)19(16,17)9-8-13(15)18-14(2,3)4/h5-7,10H,8-9H2,1-4H3. The maximum absolute atomic E-state index is 12.0. The number of hydrogen-bond acceptors (Lipinski definition) is 4. The molecule has 0 unspecified atom stereocenters. The maximum atomic E-state index is 12.0. The molecule has 0 aliphatic rings. The van der Waals surface area contributed by atoms with E-state index in [0.29, 0.717) is 0 Å². The molecule has 0 saturated carbocycles. The van der Waals surface area contributed by atoms with Gasteiger partial charge in [-0.1, -0.05) is 12.1 Å². The van der Waals surface area contributed by atoms with Crippen LogP contribution in [-0.4, -0.2) is 25.7 Å². The number of ether oxygens (including phenoxy) is 1. The molecular formula is C14H20O4S. The molecular weight excluding hydrogens is 264 g/mol. The van der Waals surface area contributed by atoms with Gasteiger partial charge >= 0.3 is 5.97 Å². The summed E-state index contributed by atoms with van der Waals surface area (Å²) in [6, 6.07) is 6.66. The van der Waals surface area contributed by atoms with Crippen LogP contribution in [0.4, 0.5) is 0 Å². The first kappa shape index (κ1) is 15.7. The third kappa shape index (κ3) is 5.42. The van der Waals surface area contributed by atoms with Crippen molar-refractivity contribution in [2.75, 3.05) is 5.75 Å². The van der Waals surface area contributed by atoms with Crippen LogP contribution in [0.3, 0.4) is 0 Å². The summed E-state index contributed by atoms with van der Waals surface area (Å²) in [6.07, 6.45) is -0.131. The normalized spacial score (nSPS) is 12.2. The van der Waals surface area contributed by atoms with Gasteiger partial charge in [-0.15, -0.1) is 0 Å². The lowest BCUT2D eigenvalue weighted by atomic mass is 10.2. The van der Waals surface area contributed by atoms with Gasteiger partial charge in [0.1, 0.15) is 5.60 Å². The summed E-state index contributed by atoms with van der Waals surface area (Å²) in [5, 5.41) is 0. The molecule has 1 rings (SSSR count). The van der Waals surface area contributed by atoms with E-state index in [4.69, 9.17) is 4.74 Å². The van der Waals surface area contributed by atoms with Crippen LogP contribution >= 0.6 is 0 Å². The smallest absolute Gasteiger partial charge is 0.307 e. The fourth-order valence-electron chi connectivity index (χ4n) is 1.54. The van der Waals surface area contributed by atoms with Crippen molar-refractivity contribution in [2.24, 2.45) is 0 Å². The third-order valence-electron chi connectivity index (χ3n) is 2.34. The SMILES string of the molecule is Cc1cccc(S(=O)(=O)CCC(=O)OC(C)(C)C)c1. The first-order valence-corrected chi connectivity index (χ1v) is 7.77. The van der Waals surface area contributed by atoms with Crippen LogP contribution in [0.2, 0.25) is 0 Å². The van der Waals surface area contributed by atoms with E-state index < -0.39 is 21.4 Å². The Morgan fingerprint density at radius 3 is 2.42 bits per heavy atom. The van der Waals surface area contributed by atoms with Gasteiger partial charge in [0.25, 0.3) is 0 Å². The Morgan fingerprint density at radius 1 is 1.26 bits per heavy atom. The minimum absolute atomic E-state index is 0.131. The quantitative estimate of drug-likeness (QED) is 0.797. The number of benzene rings is 1. The molecule has 4 nitrogen and oxygen atoms in total. The fourth-order valence-corrected chi connectivity index (χ4v) is 2.86. The second-order valence-corrected chi connectivity index (χ2v) is 7.58. The van der Waals surface area contributed by atoms with E-state index in [0.717, 1.165) is 5.56 Å². The summed E-state index contributed by atoms with van der Waals surface area (Å²) in [7, 11) is -3.43. The van der Waals surface area contributed by atoms with Crippen molar-refractivity contribution in [1.29, 1.82) is 0 Å². The van der Waals surface area contributed by atoms with Crippen molar-refractivity contribution in [3.8, 4) is 0 Å². The summed E-state index contributed by atoms with van der Waals surface area (Å²) < 4.78 is 29.2. The second kappa shape index (κ2) is 5.74. The fraction of sp³-hybridized carbons (Fsp3) is 0.500. The molecule has 0 aliphatic heterocycles. The molecule has 1 aromatic rings. The highest BCUT2D eigenvalue weighted by Gasteiger charge is 2.20. The van der Waals surface area contributed by atoms with Crippen LogP contribution in [0.15, 0.2) is 29.2 Å². The first-order valence-electron chi connectivity index (χ1n) is 6.11. The van der Waals surface area contributed by atoms with Gasteiger partial charge in [0, 0.05) is 0 Å². The zero-order valence-electron chi connectivity index (χ0n) is 11.8. The molecule has 0 fully saturated rings. The first-order chi connectivity index (χ1) is 8.60. The number of carbonyl (C=O) groups is 1. The zero-order valence-corrected chi connectivity index (χ0v) is 12.6.